The molecule has 0 radical (unpaired) electrons. The second-order valence-corrected chi connectivity index (χ2v) is 3.08. The minimum atomic E-state index is 0.305. The lowest BCUT2D eigenvalue weighted by molar-refractivity contribution is 0.860. The van der Waals surface area contributed by atoms with Gasteiger partial charge in [0, 0.05) is 0 Å². The molecule has 0 aliphatic carbocycles. The molecule has 0 fully saturated rings. The molecule has 2 rings (SSSR count). The van der Waals surface area contributed by atoms with Crippen LogP contribution in [0.1, 0.15) is 0 Å². The maximum absolute atomic E-state index is 5.73. The first-order chi connectivity index (χ1) is 7.09. The average molecular weight is 205 g/mol. The Morgan fingerprint density at radius 3 is 2.27 bits per heavy atom. The van der Waals surface area contributed by atoms with Crippen molar-refractivity contribution in [1.82, 2.24) is 14.8 Å². The Morgan fingerprint density at radius 1 is 1.00 bits per heavy atom. The van der Waals surface area contributed by atoms with Gasteiger partial charge in [-0.15, -0.1) is 0 Å². The van der Waals surface area contributed by atoms with Gasteiger partial charge in [0.05, 0.1) is 29.5 Å². The number of anilines is 4. The summed E-state index contributed by atoms with van der Waals surface area (Å²) in [5, 5.41) is 3.96. The highest BCUT2D eigenvalue weighted by Gasteiger charge is 2.10. The lowest BCUT2D eigenvalue weighted by atomic mass is 10.3. The fourth-order valence-corrected chi connectivity index (χ4v) is 1.21. The predicted molar refractivity (Wildman–Crippen MR) is 59.0 cm³/mol. The van der Waals surface area contributed by atoms with Crippen LogP contribution < -0.4 is 22.9 Å². The maximum Gasteiger partial charge on any atom is 0.179 e. The first-order valence-corrected chi connectivity index (χ1v) is 4.20. The van der Waals surface area contributed by atoms with Crippen LogP contribution in [0.3, 0.4) is 0 Å². The van der Waals surface area contributed by atoms with Gasteiger partial charge in [-0.2, -0.15) is 9.78 Å². The number of hydrogen-bond acceptors (Lipinski definition) is 6. The predicted octanol–water partition coefficient (Wildman–Crippen LogP) is -0.404. The van der Waals surface area contributed by atoms with Crippen LogP contribution in [0, 0.1) is 0 Å². The van der Waals surface area contributed by atoms with E-state index in [1.807, 2.05) is 0 Å². The summed E-state index contributed by atoms with van der Waals surface area (Å²) in [5.41, 5.74) is 23.8. The number of hydrogen-bond donors (Lipinski definition) is 4. The molecule has 7 nitrogen and oxygen atoms in total. The van der Waals surface area contributed by atoms with Gasteiger partial charge < -0.3 is 22.9 Å². The van der Waals surface area contributed by atoms with E-state index >= 15 is 0 Å². The summed E-state index contributed by atoms with van der Waals surface area (Å²) >= 11 is 0. The fraction of sp³-hybridized carbons (Fsp3) is 0. The van der Waals surface area contributed by atoms with E-state index in [1.54, 1.807) is 6.07 Å². The van der Waals surface area contributed by atoms with E-state index in [2.05, 4.69) is 10.1 Å². The van der Waals surface area contributed by atoms with Gasteiger partial charge in [0.15, 0.2) is 11.6 Å². The van der Waals surface area contributed by atoms with Crippen molar-refractivity contribution >= 4 is 22.9 Å². The average Bonchev–Trinajstić information content (AvgIpc) is 2.49. The zero-order valence-corrected chi connectivity index (χ0v) is 7.88. The van der Waals surface area contributed by atoms with Crippen LogP contribution in [0.25, 0.3) is 5.82 Å². The fourth-order valence-electron chi connectivity index (χ4n) is 1.21. The van der Waals surface area contributed by atoms with E-state index < -0.39 is 0 Å². The number of nitrogen functional groups attached to an aromatic ring is 4. The zero-order chi connectivity index (χ0) is 11.0. The van der Waals surface area contributed by atoms with Gasteiger partial charge >= 0.3 is 0 Å². The summed E-state index contributed by atoms with van der Waals surface area (Å²) in [5.74, 6) is 0.720. The molecule has 0 spiro atoms. The zero-order valence-electron chi connectivity index (χ0n) is 7.88. The Labute approximate surface area is 85.7 Å². The van der Waals surface area contributed by atoms with Gasteiger partial charge in [0.2, 0.25) is 0 Å². The van der Waals surface area contributed by atoms with Crippen molar-refractivity contribution in [2.24, 2.45) is 0 Å². The molecule has 0 aliphatic heterocycles. The molecule has 0 atom stereocenters. The van der Waals surface area contributed by atoms with E-state index in [-0.39, 0.29) is 0 Å². The Kier molecular flexibility index (Phi) is 1.86. The highest BCUT2D eigenvalue weighted by atomic mass is 15.3. The van der Waals surface area contributed by atoms with Crippen LogP contribution in [-0.4, -0.2) is 14.8 Å². The molecule has 7 heteroatoms. The van der Waals surface area contributed by atoms with Gasteiger partial charge in [-0.05, 0) is 6.07 Å². The summed E-state index contributed by atoms with van der Waals surface area (Å²) in [6.07, 6.45) is 2.91. The number of aromatic nitrogens is 3. The third kappa shape index (κ3) is 1.39. The van der Waals surface area contributed by atoms with Crippen LogP contribution in [0.2, 0.25) is 0 Å². The lowest BCUT2D eigenvalue weighted by Gasteiger charge is -2.06. The highest BCUT2D eigenvalue weighted by molar-refractivity contribution is 5.65. The largest absolute Gasteiger partial charge is 0.397 e. The van der Waals surface area contributed by atoms with Crippen molar-refractivity contribution in [3.05, 3.63) is 18.5 Å². The summed E-state index contributed by atoms with van der Waals surface area (Å²) in [6.45, 7) is 0. The standard InChI is InChI=1S/C8H11N7/c9-4-1-5(10)8(13-2-4)15-7(12)6(11)3-14-15/h1-3H,9-12H2. The molecule has 0 aromatic carbocycles. The topological polar surface area (TPSA) is 135 Å². The van der Waals surface area contributed by atoms with Crippen molar-refractivity contribution in [2.45, 2.75) is 0 Å². The van der Waals surface area contributed by atoms with E-state index in [1.165, 1.54) is 17.1 Å². The smallest absolute Gasteiger partial charge is 0.179 e. The molecule has 2 heterocycles. The van der Waals surface area contributed by atoms with Crippen molar-refractivity contribution < 1.29 is 0 Å². The Balaban J connectivity index is 2.59. The summed E-state index contributed by atoms with van der Waals surface area (Å²) < 4.78 is 1.37. The quantitative estimate of drug-likeness (QED) is 0.500. The number of pyridine rings is 1. The van der Waals surface area contributed by atoms with Gasteiger partial charge in [-0.1, -0.05) is 0 Å². The maximum atomic E-state index is 5.73. The molecular formula is C8H11N7. The second kappa shape index (κ2) is 3.05. The van der Waals surface area contributed by atoms with Crippen LogP contribution in [-0.2, 0) is 0 Å². The van der Waals surface area contributed by atoms with E-state index in [0.717, 1.165) is 0 Å². The SMILES string of the molecule is Nc1cnc(-n2ncc(N)c2N)c(N)c1. The molecule has 2 aromatic rings. The Bertz CT molecular complexity index is 502. The third-order valence-corrected chi connectivity index (χ3v) is 1.95. The molecule has 0 bridgehead atoms. The van der Waals surface area contributed by atoms with Crippen molar-refractivity contribution in [3.63, 3.8) is 0 Å². The van der Waals surface area contributed by atoms with E-state index in [4.69, 9.17) is 22.9 Å². The number of nitrogens with zero attached hydrogens (tertiary/aromatic N) is 3. The molecule has 2 aromatic heterocycles. The van der Waals surface area contributed by atoms with Crippen LogP contribution in [0.5, 0.6) is 0 Å². The van der Waals surface area contributed by atoms with Crippen molar-refractivity contribution in [2.75, 3.05) is 22.9 Å². The monoisotopic (exact) mass is 205 g/mol. The molecule has 78 valence electrons. The molecule has 8 N–H and O–H groups in total. The van der Waals surface area contributed by atoms with Crippen LogP contribution in [0.4, 0.5) is 22.9 Å². The van der Waals surface area contributed by atoms with Crippen LogP contribution >= 0.6 is 0 Å². The normalized spacial score (nSPS) is 10.4. The summed E-state index contributed by atoms with van der Waals surface area (Å²) in [7, 11) is 0. The molecule has 0 saturated carbocycles. The minimum absolute atomic E-state index is 0.305. The Hall–Kier alpha value is -2.44. The second-order valence-electron chi connectivity index (χ2n) is 3.08. The molecule has 0 saturated heterocycles. The number of nitrogens with two attached hydrogens (primary N) is 4. The van der Waals surface area contributed by atoms with E-state index in [0.29, 0.717) is 28.7 Å². The van der Waals surface area contributed by atoms with Gasteiger partial charge in [0.25, 0.3) is 0 Å². The molecule has 0 amide bonds. The molecule has 15 heavy (non-hydrogen) atoms. The number of rotatable bonds is 1. The van der Waals surface area contributed by atoms with Crippen LogP contribution in [0.15, 0.2) is 18.5 Å². The minimum Gasteiger partial charge on any atom is -0.397 e. The first kappa shape index (κ1) is 9.13. The van der Waals surface area contributed by atoms with Crippen molar-refractivity contribution in [3.8, 4) is 5.82 Å². The molecule has 0 unspecified atom stereocenters. The lowest BCUT2D eigenvalue weighted by Crippen LogP contribution is -2.08. The summed E-state index contributed by atoms with van der Waals surface area (Å²) in [6, 6.07) is 1.58. The Morgan fingerprint density at radius 2 is 1.73 bits per heavy atom. The highest BCUT2D eigenvalue weighted by Crippen LogP contribution is 2.22. The van der Waals surface area contributed by atoms with Crippen molar-refractivity contribution in [1.29, 1.82) is 0 Å². The molecule has 0 aliphatic rings. The third-order valence-electron chi connectivity index (χ3n) is 1.95. The van der Waals surface area contributed by atoms with E-state index in [9.17, 15) is 0 Å². The van der Waals surface area contributed by atoms with Gasteiger partial charge in [-0.3, -0.25) is 0 Å². The first-order valence-electron chi connectivity index (χ1n) is 4.20. The molecular weight excluding hydrogens is 194 g/mol. The van der Waals surface area contributed by atoms with Gasteiger partial charge in [0.1, 0.15) is 0 Å². The van der Waals surface area contributed by atoms with Gasteiger partial charge in [-0.25, -0.2) is 4.98 Å². The summed E-state index contributed by atoms with van der Waals surface area (Å²) in [4.78, 5) is 4.04.